The Bertz CT molecular complexity index is 375. The number of anilines is 1. The van der Waals surface area contributed by atoms with Gasteiger partial charge in [-0.3, -0.25) is 4.98 Å². The van der Waals surface area contributed by atoms with Crippen LogP contribution < -0.4 is 5.32 Å². The molecule has 1 atom stereocenters. The third kappa shape index (κ3) is 4.69. The minimum absolute atomic E-state index is 0.469. The maximum Gasteiger partial charge on any atom is 0.147 e. The van der Waals surface area contributed by atoms with E-state index in [0.29, 0.717) is 12.5 Å². The molecule has 1 rings (SSSR count). The van der Waals surface area contributed by atoms with Gasteiger partial charge in [0.2, 0.25) is 0 Å². The SMILES string of the molecule is Cc1cnc(C)c(NCC(C)(O)CC(C)C)n1. The molecule has 1 aromatic heterocycles. The van der Waals surface area contributed by atoms with Crippen molar-refractivity contribution in [2.75, 3.05) is 11.9 Å². The molecule has 4 heteroatoms. The average Bonchev–Trinajstić information content (AvgIpc) is 2.17. The first-order valence-electron chi connectivity index (χ1n) is 6.06. The zero-order valence-electron chi connectivity index (χ0n) is 11.4. The summed E-state index contributed by atoms with van der Waals surface area (Å²) in [5.41, 5.74) is 1.02. The van der Waals surface area contributed by atoms with Gasteiger partial charge < -0.3 is 10.4 Å². The Balaban J connectivity index is 2.63. The number of aromatic nitrogens is 2. The number of aryl methyl sites for hydroxylation is 2. The number of aliphatic hydroxyl groups is 1. The lowest BCUT2D eigenvalue weighted by atomic mass is 9.94. The fourth-order valence-corrected chi connectivity index (χ4v) is 1.93. The van der Waals surface area contributed by atoms with Crippen molar-refractivity contribution in [1.29, 1.82) is 0 Å². The van der Waals surface area contributed by atoms with Crippen LogP contribution in [0, 0.1) is 19.8 Å². The predicted molar refractivity (Wildman–Crippen MR) is 70.1 cm³/mol. The lowest BCUT2D eigenvalue weighted by molar-refractivity contribution is 0.0514. The van der Waals surface area contributed by atoms with E-state index in [2.05, 4.69) is 29.1 Å². The van der Waals surface area contributed by atoms with Crippen molar-refractivity contribution < 1.29 is 5.11 Å². The van der Waals surface area contributed by atoms with Crippen LogP contribution in [0.5, 0.6) is 0 Å². The van der Waals surface area contributed by atoms with E-state index < -0.39 is 5.60 Å². The molecule has 0 aliphatic rings. The van der Waals surface area contributed by atoms with Crippen LogP contribution >= 0.6 is 0 Å². The molecular weight excluding hydrogens is 214 g/mol. The molecule has 96 valence electrons. The molecule has 1 unspecified atom stereocenters. The van der Waals surface area contributed by atoms with Crippen molar-refractivity contribution in [3.63, 3.8) is 0 Å². The number of nitrogens with zero attached hydrogens (tertiary/aromatic N) is 2. The molecular formula is C13H23N3O. The van der Waals surface area contributed by atoms with Crippen LogP contribution in [-0.2, 0) is 0 Å². The molecule has 17 heavy (non-hydrogen) atoms. The molecule has 0 spiro atoms. The van der Waals surface area contributed by atoms with E-state index in [9.17, 15) is 5.11 Å². The third-order valence-electron chi connectivity index (χ3n) is 2.56. The average molecular weight is 237 g/mol. The summed E-state index contributed by atoms with van der Waals surface area (Å²) in [6.45, 7) is 10.4. The van der Waals surface area contributed by atoms with Crippen LogP contribution in [0.3, 0.4) is 0 Å². The molecule has 2 N–H and O–H groups in total. The van der Waals surface area contributed by atoms with Gasteiger partial charge in [0, 0.05) is 12.7 Å². The highest BCUT2D eigenvalue weighted by Gasteiger charge is 2.22. The third-order valence-corrected chi connectivity index (χ3v) is 2.56. The monoisotopic (exact) mass is 237 g/mol. The minimum Gasteiger partial charge on any atom is -0.388 e. The fourth-order valence-electron chi connectivity index (χ4n) is 1.93. The number of rotatable bonds is 5. The quantitative estimate of drug-likeness (QED) is 0.825. The van der Waals surface area contributed by atoms with Crippen LogP contribution in [-0.4, -0.2) is 27.2 Å². The molecule has 4 nitrogen and oxygen atoms in total. The van der Waals surface area contributed by atoms with Gasteiger partial charge in [0.15, 0.2) is 0 Å². The molecule has 0 saturated heterocycles. The van der Waals surface area contributed by atoms with Crippen molar-refractivity contribution in [2.24, 2.45) is 5.92 Å². The molecule has 0 radical (unpaired) electrons. The summed E-state index contributed by atoms with van der Waals surface area (Å²) in [6.07, 6.45) is 2.51. The van der Waals surface area contributed by atoms with E-state index in [4.69, 9.17) is 0 Å². The van der Waals surface area contributed by atoms with Gasteiger partial charge in [0.05, 0.1) is 17.0 Å². The Hall–Kier alpha value is -1.16. The van der Waals surface area contributed by atoms with Crippen molar-refractivity contribution in [3.8, 4) is 0 Å². The Labute approximate surface area is 103 Å². The normalized spacial score (nSPS) is 14.8. The minimum atomic E-state index is -0.716. The molecule has 1 heterocycles. The highest BCUT2D eigenvalue weighted by atomic mass is 16.3. The van der Waals surface area contributed by atoms with Crippen molar-refractivity contribution in [3.05, 3.63) is 17.6 Å². The van der Waals surface area contributed by atoms with Crippen molar-refractivity contribution in [2.45, 2.75) is 46.6 Å². The second-order valence-corrected chi connectivity index (χ2v) is 5.39. The van der Waals surface area contributed by atoms with Gasteiger partial charge >= 0.3 is 0 Å². The zero-order chi connectivity index (χ0) is 13.1. The highest BCUT2D eigenvalue weighted by Crippen LogP contribution is 2.17. The second kappa shape index (κ2) is 5.45. The predicted octanol–water partition coefficient (Wildman–Crippen LogP) is 2.30. The van der Waals surface area contributed by atoms with Gasteiger partial charge in [-0.2, -0.15) is 0 Å². The van der Waals surface area contributed by atoms with Gasteiger partial charge in [-0.1, -0.05) is 13.8 Å². The summed E-state index contributed by atoms with van der Waals surface area (Å²) in [4.78, 5) is 8.60. The first-order chi connectivity index (χ1) is 7.80. The van der Waals surface area contributed by atoms with Crippen LogP contribution in [0.2, 0.25) is 0 Å². The van der Waals surface area contributed by atoms with Crippen LogP contribution in [0.4, 0.5) is 5.82 Å². The number of nitrogens with one attached hydrogen (secondary N) is 1. The Morgan fingerprint density at radius 2 is 2.06 bits per heavy atom. The van der Waals surface area contributed by atoms with Gasteiger partial charge in [-0.25, -0.2) is 4.98 Å². The molecule has 0 aromatic carbocycles. The highest BCUT2D eigenvalue weighted by molar-refractivity contribution is 5.39. The summed E-state index contributed by atoms with van der Waals surface area (Å²) >= 11 is 0. The summed E-state index contributed by atoms with van der Waals surface area (Å²) < 4.78 is 0. The standard InChI is InChI=1S/C13H23N3O/c1-9(2)6-13(5,17)8-15-12-11(4)14-7-10(3)16-12/h7,9,17H,6,8H2,1-5H3,(H,15,16). The topological polar surface area (TPSA) is 58.0 Å². The lowest BCUT2D eigenvalue weighted by Crippen LogP contribution is -2.35. The summed E-state index contributed by atoms with van der Waals surface area (Å²) in [5, 5.41) is 13.4. The summed E-state index contributed by atoms with van der Waals surface area (Å²) in [6, 6.07) is 0. The Kier molecular flexibility index (Phi) is 4.46. The summed E-state index contributed by atoms with van der Waals surface area (Å²) in [7, 11) is 0. The first kappa shape index (κ1) is 13.9. The molecule has 1 aromatic rings. The van der Waals surface area contributed by atoms with Crippen molar-refractivity contribution in [1.82, 2.24) is 9.97 Å². The molecule has 0 amide bonds. The first-order valence-corrected chi connectivity index (χ1v) is 6.06. The van der Waals surface area contributed by atoms with Gasteiger partial charge in [-0.15, -0.1) is 0 Å². The van der Waals surface area contributed by atoms with E-state index in [-0.39, 0.29) is 0 Å². The summed E-state index contributed by atoms with van der Waals surface area (Å²) in [5.74, 6) is 1.23. The van der Waals surface area contributed by atoms with Gasteiger partial charge in [0.1, 0.15) is 5.82 Å². The lowest BCUT2D eigenvalue weighted by Gasteiger charge is -2.26. The molecule has 0 aliphatic heterocycles. The fraction of sp³-hybridized carbons (Fsp3) is 0.692. The van der Waals surface area contributed by atoms with Crippen LogP contribution in [0.15, 0.2) is 6.20 Å². The maximum atomic E-state index is 10.2. The molecule has 0 bridgehead atoms. The van der Waals surface area contributed by atoms with Crippen molar-refractivity contribution >= 4 is 5.82 Å². The second-order valence-electron chi connectivity index (χ2n) is 5.39. The van der Waals surface area contributed by atoms with Crippen LogP contribution in [0.25, 0.3) is 0 Å². The number of hydrogen-bond acceptors (Lipinski definition) is 4. The molecule has 0 aliphatic carbocycles. The zero-order valence-corrected chi connectivity index (χ0v) is 11.4. The smallest absolute Gasteiger partial charge is 0.147 e. The molecule has 0 saturated carbocycles. The number of hydrogen-bond donors (Lipinski definition) is 2. The molecule has 0 fully saturated rings. The van der Waals surface area contributed by atoms with Crippen LogP contribution in [0.1, 0.15) is 38.6 Å². The van der Waals surface area contributed by atoms with Gasteiger partial charge in [-0.05, 0) is 33.1 Å². The largest absolute Gasteiger partial charge is 0.388 e. The Morgan fingerprint density at radius 1 is 1.41 bits per heavy atom. The van der Waals surface area contributed by atoms with Gasteiger partial charge in [0.25, 0.3) is 0 Å². The van der Waals surface area contributed by atoms with E-state index in [0.717, 1.165) is 23.6 Å². The maximum absolute atomic E-state index is 10.2. The van der Waals surface area contributed by atoms with E-state index in [1.807, 2.05) is 20.8 Å². The van der Waals surface area contributed by atoms with E-state index in [1.165, 1.54) is 0 Å². The Morgan fingerprint density at radius 3 is 2.65 bits per heavy atom. The van der Waals surface area contributed by atoms with E-state index in [1.54, 1.807) is 6.20 Å². The van der Waals surface area contributed by atoms with E-state index >= 15 is 0 Å².